The van der Waals surface area contributed by atoms with E-state index in [9.17, 15) is 0 Å². The first-order valence-corrected chi connectivity index (χ1v) is 7.10. The molecule has 0 aliphatic heterocycles. The summed E-state index contributed by atoms with van der Waals surface area (Å²) in [5, 5.41) is 9.38. The van der Waals surface area contributed by atoms with Crippen LogP contribution in [-0.2, 0) is 0 Å². The molecule has 1 fully saturated rings. The van der Waals surface area contributed by atoms with Crippen molar-refractivity contribution in [2.24, 2.45) is 5.41 Å². The second-order valence-corrected chi connectivity index (χ2v) is 6.54. The van der Waals surface area contributed by atoms with Gasteiger partial charge in [-0.2, -0.15) is 5.26 Å². The van der Waals surface area contributed by atoms with Gasteiger partial charge in [-0.05, 0) is 43.2 Å². The van der Waals surface area contributed by atoms with E-state index in [0.29, 0.717) is 22.2 Å². The van der Waals surface area contributed by atoms with Gasteiger partial charge >= 0.3 is 0 Å². The standard InChI is InChI=1S/C15H20ClN3/c1-15(2)6-4-12(5-7-15)19(3)14-9-11(10-17)8-13(16)18-14/h8-9,12H,4-7H2,1-3H3. The molecule has 1 saturated carbocycles. The van der Waals surface area contributed by atoms with Gasteiger partial charge in [0.25, 0.3) is 0 Å². The minimum absolute atomic E-state index is 0.386. The highest BCUT2D eigenvalue weighted by Crippen LogP contribution is 2.37. The predicted octanol–water partition coefficient (Wildman–Crippen LogP) is 4.01. The first kappa shape index (κ1) is 14.1. The monoisotopic (exact) mass is 277 g/mol. The molecule has 4 heteroatoms. The zero-order valence-corrected chi connectivity index (χ0v) is 12.5. The van der Waals surface area contributed by atoms with Crippen molar-refractivity contribution in [2.45, 2.75) is 45.6 Å². The molecular weight excluding hydrogens is 258 g/mol. The van der Waals surface area contributed by atoms with E-state index in [1.807, 2.05) is 13.1 Å². The minimum atomic E-state index is 0.386. The molecule has 0 atom stereocenters. The van der Waals surface area contributed by atoms with Crippen molar-refractivity contribution >= 4 is 17.4 Å². The fraction of sp³-hybridized carbons (Fsp3) is 0.600. The summed E-state index contributed by atoms with van der Waals surface area (Å²) in [7, 11) is 2.04. The van der Waals surface area contributed by atoms with Crippen molar-refractivity contribution < 1.29 is 0 Å². The van der Waals surface area contributed by atoms with E-state index in [0.717, 1.165) is 5.82 Å². The third-order valence-electron chi connectivity index (χ3n) is 4.13. The van der Waals surface area contributed by atoms with Gasteiger partial charge in [0.2, 0.25) is 0 Å². The quantitative estimate of drug-likeness (QED) is 0.767. The van der Waals surface area contributed by atoms with Gasteiger partial charge in [-0.25, -0.2) is 4.98 Å². The van der Waals surface area contributed by atoms with Crippen molar-refractivity contribution in [3.63, 3.8) is 0 Å². The number of nitriles is 1. The molecule has 0 amide bonds. The first-order valence-electron chi connectivity index (χ1n) is 6.72. The largest absolute Gasteiger partial charge is 0.357 e. The Bertz CT molecular complexity index is 495. The Hall–Kier alpha value is -1.27. The Morgan fingerprint density at radius 1 is 1.37 bits per heavy atom. The lowest BCUT2D eigenvalue weighted by Crippen LogP contribution is -2.37. The first-order chi connectivity index (χ1) is 8.91. The van der Waals surface area contributed by atoms with Crippen LogP contribution >= 0.6 is 11.6 Å². The van der Waals surface area contributed by atoms with E-state index in [2.05, 4.69) is 29.8 Å². The number of aromatic nitrogens is 1. The molecule has 0 N–H and O–H groups in total. The number of rotatable bonds is 2. The number of halogens is 1. The molecule has 1 aromatic heterocycles. The third kappa shape index (κ3) is 3.39. The summed E-state index contributed by atoms with van der Waals surface area (Å²) in [4.78, 5) is 6.50. The maximum Gasteiger partial charge on any atom is 0.132 e. The SMILES string of the molecule is CN(c1cc(C#N)cc(Cl)n1)C1CCC(C)(C)CC1. The van der Waals surface area contributed by atoms with Gasteiger partial charge in [0.1, 0.15) is 11.0 Å². The Morgan fingerprint density at radius 3 is 2.58 bits per heavy atom. The molecule has 1 aromatic rings. The number of anilines is 1. The van der Waals surface area contributed by atoms with E-state index in [1.165, 1.54) is 25.7 Å². The van der Waals surface area contributed by atoms with Crippen molar-refractivity contribution in [2.75, 3.05) is 11.9 Å². The number of hydrogen-bond acceptors (Lipinski definition) is 3. The number of hydrogen-bond donors (Lipinski definition) is 0. The van der Waals surface area contributed by atoms with E-state index in [4.69, 9.17) is 16.9 Å². The van der Waals surface area contributed by atoms with Crippen molar-refractivity contribution in [1.29, 1.82) is 5.26 Å². The molecule has 1 heterocycles. The van der Waals surface area contributed by atoms with Crippen LogP contribution in [0, 0.1) is 16.7 Å². The van der Waals surface area contributed by atoms with Crippen LogP contribution in [0.2, 0.25) is 5.15 Å². The summed E-state index contributed by atoms with van der Waals surface area (Å²) in [6, 6.07) is 6.03. The molecule has 0 aromatic carbocycles. The highest BCUT2D eigenvalue weighted by Gasteiger charge is 2.29. The van der Waals surface area contributed by atoms with Crippen LogP contribution in [-0.4, -0.2) is 18.1 Å². The van der Waals surface area contributed by atoms with E-state index < -0.39 is 0 Å². The van der Waals surface area contributed by atoms with Gasteiger partial charge in [-0.1, -0.05) is 25.4 Å². The summed E-state index contributed by atoms with van der Waals surface area (Å²) in [5.74, 6) is 0.800. The minimum Gasteiger partial charge on any atom is -0.357 e. The van der Waals surface area contributed by atoms with E-state index in [-0.39, 0.29) is 0 Å². The Morgan fingerprint density at radius 2 is 2.00 bits per heavy atom. The van der Waals surface area contributed by atoms with Gasteiger partial charge in [0.05, 0.1) is 11.6 Å². The average molecular weight is 278 g/mol. The topological polar surface area (TPSA) is 39.9 Å². The van der Waals surface area contributed by atoms with Crippen LogP contribution in [0.25, 0.3) is 0 Å². The summed E-state index contributed by atoms with van der Waals surface area (Å²) in [6.45, 7) is 4.66. The molecule has 0 unspecified atom stereocenters. The number of pyridine rings is 1. The maximum atomic E-state index is 8.99. The van der Waals surface area contributed by atoms with Crippen molar-refractivity contribution in [1.82, 2.24) is 4.98 Å². The van der Waals surface area contributed by atoms with E-state index >= 15 is 0 Å². The summed E-state index contributed by atoms with van der Waals surface area (Å²) in [5.41, 5.74) is 1.02. The Labute approximate surface area is 120 Å². The van der Waals surface area contributed by atoms with Crippen LogP contribution in [0.15, 0.2) is 12.1 Å². The molecule has 102 valence electrons. The zero-order chi connectivity index (χ0) is 14.0. The van der Waals surface area contributed by atoms with Gasteiger partial charge < -0.3 is 4.90 Å². The molecule has 3 nitrogen and oxygen atoms in total. The van der Waals surface area contributed by atoms with Gasteiger partial charge in [-0.15, -0.1) is 0 Å². The van der Waals surface area contributed by atoms with Crippen LogP contribution in [0.4, 0.5) is 5.82 Å². The lowest BCUT2D eigenvalue weighted by atomic mass is 9.75. The van der Waals surface area contributed by atoms with Crippen LogP contribution in [0.3, 0.4) is 0 Å². The molecule has 0 saturated heterocycles. The fourth-order valence-corrected chi connectivity index (χ4v) is 2.89. The summed E-state index contributed by atoms with van der Waals surface area (Å²) in [6.07, 6.45) is 4.79. The highest BCUT2D eigenvalue weighted by atomic mass is 35.5. The second-order valence-electron chi connectivity index (χ2n) is 6.15. The molecule has 2 rings (SSSR count). The number of nitrogens with zero attached hydrogens (tertiary/aromatic N) is 3. The van der Waals surface area contributed by atoms with Crippen LogP contribution < -0.4 is 4.90 Å². The molecule has 1 aliphatic carbocycles. The molecule has 19 heavy (non-hydrogen) atoms. The summed E-state index contributed by atoms with van der Waals surface area (Å²) >= 11 is 5.97. The van der Waals surface area contributed by atoms with Crippen molar-refractivity contribution in [3.8, 4) is 6.07 Å². The average Bonchev–Trinajstić information content (AvgIpc) is 2.37. The lowest BCUT2D eigenvalue weighted by molar-refractivity contribution is 0.222. The third-order valence-corrected chi connectivity index (χ3v) is 4.32. The molecule has 0 radical (unpaired) electrons. The van der Waals surface area contributed by atoms with Gasteiger partial charge in [0, 0.05) is 13.1 Å². The van der Waals surface area contributed by atoms with Crippen LogP contribution in [0.5, 0.6) is 0 Å². The zero-order valence-electron chi connectivity index (χ0n) is 11.8. The normalized spacial score (nSPS) is 18.9. The molecule has 0 spiro atoms. The lowest BCUT2D eigenvalue weighted by Gasteiger charge is -2.39. The molecular formula is C15H20ClN3. The molecule has 0 bridgehead atoms. The second kappa shape index (κ2) is 5.38. The van der Waals surface area contributed by atoms with Gasteiger partial charge in [0.15, 0.2) is 0 Å². The Kier molecular flexibility index (Phi) is 4.01. The predicted molar refractivity (Wildman–Crippen MR) is 78.4 cm³/mol. The smallest absolute Gasteiger partial charge is 0.132 e. The maximum absolute atomic E-state index is 8.99. The van der Waals surface area contributed by atoms with E-state index in [1.54, 1.807) is 6.07 Å². The van der Waals surface area contributed by atoms with Crippen LogP contribution in [0.1, 0.15) is 45.1 Å². The fourth-order valence-electron chi connectivity index (χ4n) is 2.69. The summed E-state index contributed by atoms with van der Waals surface area (Å²) < 4.78 is 0. The Balaban J connectivity index is 2.14. The van der Waals surface area contributed by atoms with Crippen molar-refractivity contribution in [3.05, 3.63) is 22.8 Å². The van der Waals surface area contributed by atoms with Gasteiger partial charge in [-0.3, -0.25) is 0 Å². The molecule has 1 aliphatic rings. The highest BCUT2D eigenvalue weighted by molar-refractivity contribution is 6.29.